The van der Waals surface area contributed by atoms with Crippen LogP contribution >= 0.6 is 0 Å². The lowest BCUT2D eigenvalue weighted by atomic mass is 9.78. The predicted octanol–water partition coefficient (Wildman–Crippen LogP) is 5.37. The molecule has 6 nitrogen and oxygen atoms in total. The van der Waals surface area contributed by atoms with Gasteiger partial charge in [-0.3, -0.25) is 4.79 Å². The molecule has 31 heavy (non-hydrogen) atoms. The number of hydrogen-bond donors (Lipinski definition) is 1. The van der Waals surface area contributed by atoms with E-state index in [9.17, 15) is 4.79 Å². The third-order valence-electron chi connectivity index (χ3n) is 6.57. The van der Waals surface area contributed by atoms with Gasteiger partial charge in [-0.25, -0.2) is 4.98 Å². The number of furan rings is 1. The van der Waals surface area contributed by atoms with Gasteiger partial charge in [0.2, 0.25) is 0 Å². The van der Waals surface area contributed by atoms with Gasteiger partial charge in [0, 0.05) is 17.5 Å². The van der Waals surface area contributed by atoms with Gasteiger partial charge < -0.3 is 19.2 Å². The summed E-state index contributed by atoms with van der Waals surface area (Å²) in [5.74, 6) is 3.48. The Kier molecular flexibility index (Phi) is 5.90. The molecule has 0 saturated heterocycles. The van der Waals surface area contributed by atoms with Crippen molar-refractivity contribution in [3.8, 4) is 23.0 Å². The van der Waals surface area contributed by atoms with E-state index >= 15 is 0 Å². The van der Waals surface area contributed by atoms with Crippen molar-refractivity contribution in [2.45, 2.75) is 46.1 Å². The number of pyridine rings is 1. The van der Waals surface area contributed by atoms with Crippen LogP contribution in [0.2, 0.25) is 0 Å². The summed E-state index contributed by atoms with van der Waals surface area (Å²) in [5, 5.41) is 4.01. The lowest BCUT2D eigenvalue weighted by Crippen LogP contribution is -2.43. The molecule has 1 aromatic carbocycles. The minimum Gasteiger partial charge on any atom is -0.493 e. The summed E-state index contributed by atoms with van der Waals surface area (Å²) in [7, 11) is 3.17. The van der Waals surface area contributed by atoms with Crippen LogP contribution in [0.15, 0.2) is 34.7 Å². The van der Waals surface area contributed by atoms with Gasteiger partial charge >= 0.3 is 0 Å². The van der Waals surface area contributed by atoms with Gasteiger partial charge in [-0.1, -0.05) is 26.7 Å². The van der Waals surface area contributed by atoms with Crippen molar-refractivity contribution in [1.29, 1.82) is 0 Å². The van der Waals surface area contributed by atoms with Crippen LogP contribution in [0.3, 0.4) is 0 Å². The average Bonchev–Trinajstić information content (AvgIpc) is 3.21. The van der Waals surface area contributed by atoms with Crippen molar-refractivity contribution < 1.29 is 18.7 Å². The standard InChI is InChI=1S/C25H30N2O4/c1-14-7-6-8-19(16(14)3)27-25(28)18-11-21(22-10-9-15(2)31-22)26-20-13-24(30-5)23(29-4)12-17(18)20/h9-14,16,19H,6-8H2,1-5H3,(H,27,28). The lowest BCUT2D eigenvalue weighted by molar-refractivity contribution is 0.0892. The molecule has 3 unspecified atom stereocenters. The van der Waals surface area contributed by atoms with Crippen LogP contribution in [-0.4, -0.2) is 31.2 Å². The number of aromatic nitrogens is 1. The largest absolute Gasteiger partial charge is 0.493 e. The zero-order valence-corrected chi connectivity index (χ0v) is 18.8. The molecule has 0 aliphatic heterocycles. The molecule has 6 heteroatoms. The molecule has 1 aliphatic rings. The summed E-state index contributed by atoms with van der Waals surface area (Å²) in [6.07, 6.45) is 3.35. The number of benzene rings is 1. The van der Waals surface area contributed by atoms with E-state index in [2.05, 4.69) is 19.2 Å². The third kappa shape index (κ3) is 4.11. The number of ether oxygens (including phenoxy) is 2. The van der Waals surface area contributed by atoms with Crippen LogP contribution in [0.4, 0.5) is 0 Å². The Morgan fingerprint density at radius 1 is 1.10 bits per heavy atom. The normalized spacial score (nSPS) is 21.1. The van der Waals surface area contributed by atoms with Crippen LogP contribution in [-0.2, 0) is 0 Å². The Balaban J connectivity index is 1.81. The monoisotopic (exact) mass is 422 g/mol. The van der Waals surface area contributed by atoms with Crippen LogP contribution in [0.1, 0.15) is 49.2 Å². The highest BCUT2D eigenvalue weighted by Crippen LogP contribution is 2.35. The first-order valence-corrected chi connectivity index (χ1v) is 10.9. The molecule has 2 aromatic heterocycles. The first-order chi connectivity index (χ1) is 14.9. The second kappa shape index (κ2) is 8.61. The number of hydrogen-bond acceptors (Lipinski definition) is 5. The van der Waals surface area contributed by atoms with Crippen molar-refractivity contribution in [1.82, 2.24) is 10.3 Å². The molecular formula is C25H30N2O4. The van der Waals surface area contributed by atoms with Gasteiger partial charge in [-0.2, -0.15) is 0 Å². The van der Waals surface area contributed by atoms with Crippen molar-refractivity contribution in [2.24, 2.45) is 11.8 Å². The fraction of sp³-hybridized carbons (Fsp3) is 0.440. The molecule has 0 spiro atoms. The molecule has 3 atom stereocenters. The molecule has 0 bridgehead atoms. The van der Waals surface area contributed by atoms with Crippen LogP contribution in [0.5, 0.6) is 11.5 Å². The van der Waals surface area contributed by atoms with Gasteiger partial charge in [0.25, 0.3) is 5.91 Å². The summed E-state index contributed by atoms with van der Waals surface area (Å²) < 4.78 is 16.7. The molecular weight excluding hydrogens is 392 g/mol. The zero-order valence-electron chi connectivity index (χ0n) is 18.8. The van der Waals surface area contributed by atoms with Crippen molar-refractivity contribution >= 4 is 16.8 Å². The van der Waals surface area contributed by atoms with Gasteiger partial charge in [0.15, 0.2) is 17.3 Å². The molecule has 1 amide bonds. The zero-order chi connectivity index (χ0) is 22.1. The molecule has 1 saturated carbocycles. The number of methoxy groups -OCH3 is 2. The smallest absolute Gasteiger partial charge is 0.252 e. The van der Waals surface area contributed by atoms with E-state index in [1.807, 2.05) is 25.1 Å². The molecule has 1 aliphatic carbocycles. The average molecular weight is 423 g/mol. The number of carbonyl (C=O) groups excluding carboxylic acids is 1. The fourth-order valence-corrected chi connectivity index (χ4v) is 4.47. The molecule has 1 fully saturated rings. The summed E-state index contributed by atoms with van der Waals surface area (Å²) in [6, 6.07) is 9.35. The van der Waals surface area contributed by atoms with E-state index in [1.54, 1.807) is 26.4 Å². The van der Waals surface area contributed by atoms with E-state index in [1.165, 1.54) is 6.42 Å². The maximum absolute atomic E-state index is 13.5. The van der Waals surface area contributed by atoms with Gasteiger partial charge in [-0.05, 0) is 49.4 Å². The minimum absolute atomic E-state index is 0.102. The first-order valence-electron chi connectivity index (χ1n) is 10.9. The van der Waals surface area contributed by atoms with Gasteiger partial charge in [0.05, 0.1) is 25.3 Å². The molecule has 164 valence electrons. The SMILES string of the molecule is COc1cc2nc(-c3ccc(C)o3)cc(C(=O)NC3CCCC(C)C3C)c2cc1OC. The highest BCUT2D eigenvalue weighted by Gasteiger charge is 2.29. The Bertz CT molecular complexity index is 1100. The van der Waals surface area contributed by atoms with Crippen LogP contribution in [0.25, 0.3) is 22.4 Å². The molecule has 0 radical (unpaired) electrons. The Hall–Kier alpha value is -3.02. The van der Waals surface area contributed by atoms with Crippen LogP contribution in [0, 0.1) is 18.8 Å². The number of fused-ring (bicyclic) bond motifs is 1. The minimum atomic E-state index is -0.102. The second-order valence-corrected chi connectivity index (χ2v) is 8.54. The van der Waals surface area contributed by atoms with Crippen molar-refractivity contribution in [3.63, 3.8) is 0 Å². The molecule has 4 rings (SSSR count). The number of carbonyl (C=O) groups is 1. The summed E-state index contributed by atoms with van der Waals surface area (Å²) in [4.78, 5) is 18.2. The van der Waals surface area contributed by atoms with Crippen molar-refractivity contribution in [2.75, 3.05) is 14.2 Å². The molecule has 1 N–H and O–H groups in total. The highest BCUT2D eigenvalue weighted by molar-refractivity contribution is 6.08. The number of rotatable bonds is 5. The molecule has 3 aromatic rings. The van der Waals surface area contributed by atoms with E-state index < -0.39 is 0 Å². The molecule has 2 heterocycles. The Morgan fingerprint density at radius 2 is 1.84 bits per heavy atom. The maximum atomic E-state index is 13.5. The van der Waals surface area contributed by atoms with E-state index in [0.717, 1.165) is 24.0 Å². The Labute approximate surface area is 182 Å². The topological polar surface area (TPSA) is 73.6 Å². The Morgan fingerprint density at radius 3 is 2.52 bits per heavy atom. The lowest BCUT2D eigenvalue weighted by Gasteiger charge is -2.34. The quantitative estimate of drug-likeness (QED) is 0.598. The predicted molar refractivity (Wildman–Crippen MR) is 121 cm³/mol. The number of aryl methyl sites for hydroxylation is 1. The number of nitrogens with one attached hydrogen (secondary N) is 1. The summed E-state index contributed by atoms with van der Waals surface area (Å²) >= 11 is 0. The second-order valence-electron chi connectivity index (χ2n) is 8.54. The third-order valence-corrected chi connectivity index (χ3v) is 6.57. The highest BCUT2D eigenvalue weighted by atomic mass is 16.5. The maximum Gasteiger partial charge on any atom is 0.252 e. The van der Waals surface area contributed by atoms with E-state index in [0.29, 0.717) is 45.9 Å². The number of amides is 1. The van der Waals surface area contributed by atoms with E-state index in [4.69, 9.17) is 18.9 Å². The van der Waals surface area contributed by atoms with E-state index in [-0.39, 0.29) is 11.9 Å². The summed E-state index contributed by atoms with van der Waals surface area (Å²) in [6.45, 7) is 6.38. The summed E-state index contributed by atoms with van der Waals surface area (Å²) in [5.41, 5.74) is 1.82. The first kappa shape index (κ1) is 21.2. The van der Waals surface area contributed by atoms with Crippen LogP contribution < -0.4 is 14.8 Å². The van der Waals surface area contributed by atoms with Gasteiger partial charge in [-0.15, -0.1) is 0 Å². The number of nitrogens with zero attached hydrogens (tertiary/aromatic N) is 1. The van der Waals surface area contributed by atoms with Gasteiger partial charge in [0.1, 0.15) is 11.5 Å². The van der Waals surface area contributed by atoms with Crippen molar-refractivity contribution in [3.05, 3.63) is 41.7 Å². The fourth-order valence-electron chi connectivity index (χ4n) is 4.47.